The van der Waals surface area contributed by atoms with Crippen LogP contribution in [0.3, 0.4) is 0 Å². The molecule has 0 fully saturated rings. The van der Waals surface area contributed by atoms with Gasteiger partial charge in [0.1, 0.15) is 0 Å². The first kappa shape index (κ1) is 18.3. The molecule has 0 radical (unpaired) electrons. The van der Waals surface area contributed by atoms with E-state index in [-0.39, 0.29) is 30.8 Å². The molecule has 5 nitrogen and oxygen atoms in total. The topological polar surface area (TPSA) is 54.9 Å². The van der Waals surface area contributed by atoms with Crippen LogP contribution in [0.25, 0.3) is 0 Å². The molecule has 21 heavy (non-hydrogen) atoms. The molecule has 0 aliphatic carbocycles. The molecule has 0 unspecified atom stereocenters. The van der Waals surface area contributed by atoms with Gasteiger partial charge < -0.3 is 20.1 Å². The van der Waals surface area contributed by atoms with E-state index in [1.54, 1.807) is 0 Å². The summed E-state index contributed by atoms with van der Waals surface area (Å²) in [7, 11) is 0. The number of ether oxygens (including phenoxy) is 2. The van der Waals surface area contributed by atoms with Crippen molar-refractivity contribution in [1.29, 1.82) is 0 Å². The number of nitrogens with zero attached hydrogens (tertiary/aromatic N) is 1. The molecule has 0 atom stereocenters. The van der Waals surface area contributed by atoms with Crippen molar-refractivity contribution in [3.8, 4) is 11.5 Å². The molecule has 0 aromatic heterocycles. The molecule has 0 saturated heterocycles. The second-order valence-corrected chi connectivity index (χ2v) is 5.66. The van der Waals surface area contributed by atoms with E-state index in [9.17, 15) is 0 Å². The van der Waals surface area contributed by atoms with Gasteiger partial charge in [-0.1, -0.05) is 0 Å². The molecule has 1 aliphatic rings. The summed E-state index contributed by atoms with van der Waals surface area (Å²) in [4.78, 5) is 4.57. The Labute approximate surface area is 151 Å². The summed E-state index contributed by atoms with van der Waals surface area (Å²) in [5, 5.41) is 6.51. The van der Waals surface area contributed by atoms with Crippen LogP contribution in [-0.4, -0.2) is 25.3 Å². The third-order valence-electron chi connectivity index (χ3n) is 2.68. The first-order chi connectivity index (χ1) is 9.60. The number of guanidine groups is 1. The number of hydrogen-bond donors (Lipinski definition) is 2. The highest BCUT2D eigenvalue weighted by molar-refractivity contribution is 14.0. The number of benzene rings is 1. The Morgan fingerprint density at radius 3 is 2.81 bits per heavy atom. The fraction of sp³-hybridized carbons (Fsp3) is 0.500. The van der Waals surface area contributed by atoms with Crippen molar-refractivity contribution in [2.75, 3.05) is 13.3 Å². The highest BCUT2D eigenvalue weighted by Gasteiger charge is 2.17. The van der Waals surface area contributed by atoms with Crippen LogP contribution in [0.2, 0.25) is 0 Å². The number of rotatable bonds is 4. The highest BCUT2D eigenvalue weighted by atomic mass is 127. The molecule has 7 heteroatoms. The maximum absolute atomic E-state index is 5.41. The van der Waals surface area contributed by atoms with Crippen LogP contribution in [0.15, 0.2) is 21.6 Å². The van der Waals surface area contributed by atoms with Gasteiger partial charge in [0.25, 0.3) is 0 Å². The summed E-state index contributed by atoms with van der Waals surface area (Å²) < 4.78 is 11.7. The van der Waals surface area contributed by atoms with Gasteiger partial charge in [-0.3, -0.25) is 0 Å². The summed E-state index contributed by atoms with van der Waals surface area (Å²) in [6.45, 7) is 7.92. The summed E-state index contributed by atoms with van der Waals surface area (Å²) in [6, 6.07) is 4.32. The lowest BCUT2D eigenvalue weighted by molar-refractivity contribution is 0.173. The first-order valence-corrected chi connectivity index (χ1v) is 7.52. The van der Waals surface area contributed by atoms with Crippen LogP contribution in [0, 0.1) is 0 Å². The second kappa shape index (κ2) is 8.67. The van der Waals surface area contributed by atoms with Crippen molar-refractivity contribution < 1.29 is 9.47 Å². The Hall–Kier alpha value is -0.700. The van der Waals surface area contributed by atoms with Crippen LogP contribution in [0.1, 0.15) is 26.3 Å². The predicted octanol–water partition coefficient (Wildman–Crippen LogP) is 3.26. The maximum atomic E-state index is 5.41. The van der Waals surface area contributed by atoms with Gasteiger partial charge in [-0.2, -0.15) is 0 Å². The monoisotopic (exact) mass is 469 g/mol. The van der Waals surface area contributed by atoms with Gasteiger partial charge >= 0.3 is 0 Å². The van der Waals surface area contributed by atoms with Gasteiger partial charge in [-0.15, -0.1) is 24.0 Å². The van der Waals surface area contributed by atoms with Crippen LogP contribution < -0.4 is 20.1 Å². The van der Waals surface area contributed by atoms with Gasteiger partial charge in [0.15, 0.2) is 17.5 Å². The fourth-order valence-electron chi connectivity index (χ4n) is 1.88. The molecule has 0 spiro atoms. The number of hydrogen-bond acceptors (Lipinski definition) is 3. The lowest BCUT2D eigenvalue weighted by Crippen LogP contribution is -2.40. The Kier molecular flexibility index (Phi) is 7.58. The smallest absolute Gasteiger partial charge is 0.231 e. The lowest BCUT2D eigenvalue weighted by Gasteiger charge is -2.14. The standard InChI is InChI=1S/C14H20BrN3O2.HI/c1-4-16-14(18-9(2)3)17-7-10-5-11(15)13-12(6-10)19-8-20-13;/h5-6,9H,4,7-8H2,1-3H3,(H2,16,17,18);1H. The second-order valence-electron chi connectivity index (χ2n) is 4.81. The molecule has 0 amide bonds. The summed E-state index contributed by atoms with van der Waals surface area (Å²) in [5.41, 5.74) is 1.07. The Balaban J connectivity index is 0.00000220. The molecule has 1 heterocycles. The summed E-state index contributed by atoms with van der Waals surface area (Å²) in [6.07, 6.45) is 0. The van der Waals surface area contributed by atoms with Crippen LogP contribution in [0.4, 0.5) is 0 Å². The predicted molar refractivity (Wildman–Crippen MR) is 98.8 cm³/mol. The zero-order valence-electron chi connectivity index (χ0n) is 12.4. The minimum atomic E-state index is 0. The summed E-state index contributed by atoms with van der Waals surface area (Å²) >= 11 is 3.49. The van der Waals surface area contributed by atoms with E-state index in [1.807, 2.05) is 12.1 Å². The highest BCUT2D eigenvalue weighted by Crippen LogP contribution is 2.40. The SMILES string of the molecule is CCNC(=NCc1cc(Br)c2c(c1)OCO2)NC(C)C.I. The fourth-order valence-corrected chi connectivity index (χ4v) is 2.48. The lowest BCUT2D eigenvalue weighted by atomic mass is 10.2. The number of halogens is 2. The summed E-state index contributed by atoms with van der Waals surface area (Å²) in [5.74, 6) is 2.35. The van der Waals surface area contributed by atoms with Crippen molar-refractivity contribution in [2.45, 2.75) is 33.4 Å². The molecule has 118 valence electrons. The van der Waals surface area contributed by atoms with Gasteiger partial charge in [-0.25, -0.2) is 4.99 Å². The van der Waals surface area contributed by atoms with Crippen molar-refractivity contribution in [3.63, 3.8) is 0 Å². The van der Waals surface area contributed by atoms with Crippen molar-refractivity contribution in [1.82, 2.24) is 10.6 Å². The van der Waals surface area contributed by atoms with E-state index in [2.05, 4.69) is 52.3 Å². The van der Waals surface area contributed by atoms with Gasteiger partial charge in [0, 0.05) is 12.6 Å². The van der Waals surface area contributed by atoms with E-state index in [0.717, 1.165) is 34.0 Å². The average molecular weight is 470 g/mol. The normalized spacial score (nSPS) is 13.1. The molecule has 2 rings (SSSR count). The molecule has 1 aromatic rings. The van der Waals surface area contributed by atoms with E-state index in [0.29, 0.717) is 12.6 Å². The zero-order valence-corrected chi connectivity index (χ0v) is 16.3. The molecule has 2 N–H and O–H groups in total. The van der Waals surface area contributed by atoms with Crippen molar-refractivity contribution in [3.05, 3.63) is 22.2 Å². The molecule has 0 saturated carbocycles. The Morgan fingerprint density at radius 1 is 1.38 bits per heavy atom. The molecular formula is C14H21BrIN3O2. The van der Waals surface area contributed by atoms with Gasteiger partial charge in [-0.05, 0) is 54.4 Å². The van der Waals surface area contributed by atoms with Crippen LogP contribution in [-0.2, 0) is 6.54 Å². The third-order valence-corrected chi connectivity index (χ3v) is 3.27. The van der Waals surface area contributed by atoms with E-state index in [1.165, 1.54) is 0 Å². The molecule has 1 aromatic carbocycles. The van der Waals surface area contributed by atoms with Crippen LogP contribution >= 0.6 is 39.9 Å². The Morgan fingerprint density at radius 2 is 2.14 bits per heavy atom. The molecule has 0 bridgehead atoms. The number of nitrogens with one attached hydrogen (secondary N) is 2. The third kappa shape index (κ3) is 5.21. The maximum Gasteiger partial charge on any atom is 0.231 e. The van der Waals surface area contributed by atoms with E-state index >= 15 is 0 Å². The van der Waals surface area contributed by atoms with Crippen molar-refractivity contribution in [2.24, 2.45) is 4.99 Å². The van der Waals surface area contributed by atoms with Crippen molar-refractivity contribution >= 4 is 45.9 Å². The average Bonchev–Trinajstić information content (AvgIpc) is 2.84. The quantitative estimate of drug-likeness (QED) is 0.403. The molecular weight excluding hydrogens is 449 g/mol. The Bertz CT molecular complexity index is 509. The van der Waals surface area contributed by atoms with Gasteiger partial charge in [0.2, 0.25) is 6.79 Å². The minimum absolute atomic E-state index is 0. The minimum Gasteiger partial charge on any atom is -0.454 e. The zero-order chi connectivity index (χ0) is 14.5. The van der Waals surface area contributed by atoms with E-state index < -0.39 is 0 Å². The number of aliphatic imine (C=N–C) groups is 1. The largest absolute Gasteiger partial charge is 0.454 e. The molecule has 1 aliphatic heterocycles. The van der Waals surface area contributed by atoms with Gasteiger partial charge in [0.05, 0.1) is 11.0 Å². The van der Waals surface area contributed by atoms with Crippen LogP contribution in [0.5, 0.6) is 11.5 Å². The first-order valence-electron chi connectivity index (χ1n) is 6.73. The van der Waals surface area contributed by atoms with E-state index in [4.69, 9.17) is 9.47 Å². The number of fused-ring (bicyclic) bond motifs is 1.